The number of para-hydroxylation sites is 1. The highest BCUT2D eigenvalue weighted by atomic mass is 14.7. The fourth-order valence-electron chi connectivity index (χ4n) is 6.27. The molecule has 1 nitrogen and oxygen atoms in total. The molecule has 0 unspecified atom stereocenters. The van der Waals surface area contributed by atoms with Gasteiger partial charge in [-0.05, 0) is 86.3 Å². The van der Waals surface area contributed by atoms with Gasteiger partial charge in [0.2, 0.25) is 0 Å². The highest BCUT2D eigenvalue weighted by Gasteiger charge is 2.23. The van der Waals surface area contributed by atoms with Crippen molar-refractivity contribution in [2.45, 2.75) is 6.42 Å². The predicted octanol–water partition coefficient (Wildman–Crippen LogP) is 9.89. The molecule has 1 aliphatic rings. The molecule has 8 rings (SSSR count). The van der Waals surface area contributed by atoms with E-state index in [1.807, 2.05) is 0 Å². The lowest BCUT2D eigenvalue weighted by Gasteiger charge is -2.15. The Balaban J connectivity index is 1.30. The van der Waals surface area contributed by atoms with Crippen LogP contribution in [0, 0.1) is 0 Å². The second kappa shape index (κ2) is 8.33. The standard InChI is InChI=1S/C37H25N/c1-3-10-24(11-4-1)29-19-18-26(20-32(29)25-12-5-2-6-13-25)28-15-9-16-30-33-23-35-31-14-7-8-17-36(31)38-37(35)22-27(33)21-34(28)30/h1-20,22-23,38H,21H2. The topological polar surface area (TPSA) is 15.8 Å². The molecule has 1 aliphatic carbocycles. The summed E-state index contributed by atoms with van der Waals surface area (Å²) in [7, 11) is 0. The van der Waals surface area contributed by atoms with E-state index in [-0.39, 0.29) is 0 Å². The van der Waals surface area contributed by atoms with Gasteiger partial charge in [-0.3, -0.25) is 0 Å². The van der Waals surface area contributed by atoms with Crippen LogP contribution in [0.3, 0.4) is 0 Å². The number of nitrogens with one attached hydrogen (secondary N) is 1. The molecule has 0 bridgehead atoms. The molecule has 6 aromatic carbocycles. The van der Waals surface area contributed by atoms with Crippen molar-refractivity contribution < 1.29 is 0 Å². The smallest absolute Gasteiger partial charge is 0.0468 e. The predicted molar refractivity (Wildman–Crippen MR) is 160 cm³/mol. The molecule has 0 amide bonds. The third-order valence-electron chi connectivity index (χ3n) is 8.06. The van der Waals surface area contributed by atoms with Gasteiger partial charge in [-0.15, -0.1) is 0 Å². The fourth-order valence-corrected chi connectivity index (χ4v) is 6.27. The number of rotatable bonds is 3. The van der Waals surface area contributed by atoms with Crippen LogP contribution in [-0.4, -0.2) is 4.98 Å². The van der Waals surface area contributed by atoms with Crippen LogP contribution < -0.4 is 0 Å². The Hall–Kier alpha value is -4.88. The van der Waals surface area contributed by atoms with Crippen LogP contribution in [0.1, 0.15) is 11.1 Å². The Morgan fingerprint density at radius 2 is 1.11 bits per heavy atom. The van der Waals surface area contributed by atoms with Crippen molar-refractivity contribution >= 4 is 21.8 Å². The first-order valence-electron chi connectivity index (χ1n) is 13.2. The van der Waals surface area contributed by atoms with Crippen LogP contribution in [-0.2, 0) is 6.42 Å². The number of aromatic nitrogens is 1. The van der Waals surface area contributed by atoms with Crippen LogP contribution >= 0.6 is 0 Å². The molecule has 1 N–H and O–H groups in total. The lowest BCUT2D eigenvalue weighted by molar-refractivity contribution is 1.27. The second-order valence-electron chi connectivity index (χ2n) is 10.2. The van der Waals surface area contributed by atoms with Gasteiger partial charge in [-0.2, -0.15) is 0 Å². The fraction of sp³-hybridized carbons (Fsp3) is 0.0270. The molecular formula is C37H25N. The summed E-state index contributed by atoms with van der Waals surface area (Å²) in [5, 5.41) is 2.59. The summed E-state index contributed by atoms with van der Waals surface area (Å²) in [6, 6.07) is 48.6. The quantitative estimate of drug-likeness (QED) is 0.257. The Morgan fingerprint density at radius 3 is 1.92 bits per heavy atom. The molecule has 38 heavy (non-hydrogen) atoms. The van der Waals surface area contributed by atoms with E-state index in [0.29, 0.717) is 0 Å². The van der Waals surface area contributed by atoms with Crippen molar-refractivity contribution in [2.75, 3.05) is 0 Å². The normalized spacial score (nSPS) is 12.1. The van der Waals surface area contributed by atoms with E-state index >= 15 is 0 Å². The Labute approximate surface area is 222 Å². The summed E-state index contributed by atoms with van der Waals surface area (Å²) in [6.07, 6.45) is 0.952. The maximum Gasteiger partial charge on any atom is 0.0468 e. The second-order valence-corrected chi connectivity index (χ2v) is 10.2. The van der Waals surface area contributed by atoms with Gasteiger partial charge in [0.25, 0.3) is 0 Å². The summed E-state index contributed by atoms with van der Waals surface area (Å²) in [5.41, 5.74) is 15.6. The minimum Gasteiger partial charge on any atom is -0.355 e. The van der Waals surface area contributed by atoms with Gasteiger partial charge in [0.1, 0.15) is 0 Å². The first-order valence-corrected chi connectivity index (χ1v) is 13.2. The van der Waals surface area contributed by atoms with Gasteiger partial charge in [0.15, 0.2) is 0 Å². The van der Waals surface area contributed by atoms with Crippen LogP contribution in [0.4, 0.5) is 0 Å². The van der Waals surface area contributed by atoms with E-state index in [1.165, 1.54) is 77.4 Å². The molecule has 1 heterocycles. The Morgan fingerprint density at radius 1 is 0.395 bits per heavy atom. The third kappa shape index (κ3) is 3.26. The number of H-pyrrole nitrogens is 1. The number of hydrogen-bond acceptors (Lipinski definition) is 0. The number of hydrogen-bond donors (Lipinski definition) is 1. The van der Waals surface area contributed by atoms with Crippen LogP contribution in [0.5, 0.6) is 0 Å². The zero-order chi connectivity index (χ0) is 25.1. The molecule has 0 saturated carbocycles. The Bertz CT molecular complexity index is 1980. The minimum atomic E-state index is 0.952. The monoisotopic (exact) mass is 483 g/mol. The molecule has 0 aliphatic heterocycles. The number of benzene rings is 6. The summed E-state index contributed by atoms with van der Waals surface area (Å²) in [5.74, 6) is 0. The average molecular weight is 484 g/mol. The van der Waals surface area contributed by atoms with Crippen molar-refractivity contribution in [3.8, 4) is 44.5 Å². The maximum atomic E-state index is 3.63. The van der Waals surface area contributed by atoms with E-state index < -0.39 is 0 Å². The zero-order valence-electron chi connectivity index (χ0n) is 20.9. The van der Waals surface area contributed by atoms with E-state index in [9.17, 15) is 0 Å². The van der Waals surface area contributed by atoms with E-state index in [0.717, 1.165) is 6.42 Å². The summed E-state index contributed by atoms with van der Waals surface area (Å²) in [4.78, 5) is 3.63. The highest BCUT2D eigenvalue weighted by Crippen LogP contribution is 2.45. The van der Waals surface area contributed by atoms with E-state index in [2.05, 4.69) is 138 Å². The zero-order valence-corrected chi connectivity index (χ0v) is 20.9. The van der Waals surface area contributed by atoms with Crippen molar-refractivity contribution in [3.05, 3.63) is 145 Å². The Kier molecular flexibility index (Phi) is 4.65. The van der Waals surface area contributed by atoms with Gasteiger partial charge in [0, 0.05) is 21.8 Å². The summed E-state index contributed by atoms with van der Waals surface area (Å²) >= 11 is 0. The summed E-state index contributed by atoms with van der Waals surface area (Å²) in [6.45, 7) is 0. The van der Waals surface area contributed by atoms with Gasteiger partial charge in [-0.1, -0.05) is 109 Å². The van der Waals surface area contributed by atoms with Gasteiger partial charge in [-0.25, -0.2) is 0 Å². The molecular weight excluding hydrogens is 458 g/mol. The van der Waals surface area contributed by atoms with Gasteiger partial charge >= 0.3 is 0 Å². The largest absolute Gasteiger partial charge is 0.355 e. The van der Waals surface area contributed by atoms with Crippen LogP contribution in [0.15, 0.2) is 133 Å². The molecule has 7 aromatic rings. The lowest BCUT2D eigenvalue weighted by Crippen LogP contribution is -1.91. The lowest BCUT2D eigenvalue weighted by atomic mass is 9.89. The van der Waals surface area contributed by atoms with Crippen LogP contribution in [0.25, 0.3) is 66.3 Å². The SMILES string of the molecule is c1ccc(-c2ccc(-c3cccc4c3Cc3cc5[nH]c6ccccc6c5cc3-4)cc2-c2ccccc2)cc1. The molecule has 0 radical (unpaired) electrons. The van der Waals surface area contributed by atoms with E-state index in [1.54, 1.807) is 0 Å². The molecule has 1 heteroatoms. The third-order valence-corrected chi connectivity index (χ3v) is 8.06. The number of fused-ring (bicyclic) bond motifs is 6. The van der Waals surface area contributed by atoms with Gasteiger partial charge < -0.3 is 4.98 Å². The average Bonchev–Trinajstić information content (AvgIpc) is 3.54. The van der Waals surface area contributed by atoms with Crippen molar-refractivity contribution in [2.24, 2.45) is 0 Å². The molecule has 0 saturated heterocycles. The summed E-state index contributed by atoms with van der Waals surface area (Å²) < 4.78 is 0. The van der Waals surface area contributed by atoms with Crippen molar-refractivity contribution in [1.82, 2.24) is 4.98 Å². The molecule has 1 aromatic heterocycles. The molecule has 0 spiro atoms. The van der Waals surface area contributed by atoms with Crippen LogP contribution in [0.2, 0.25) is 0 Å². The highest BCUT2D eigenvalue weighted by molar-refractivity contribution is 6.09. The van der Waals surface area contributed by atoms with E-state index in [4.69, 9.17) is 0 Å². The molecule has 178 valence electrons. The maximum absolute atomic E-state index is 3.63. The first-order chi connectivity index (χ1) is 18.8. The van der Waals surface area contributed by atoms with Crippen molar-refractivity contribution in [1.29, 1.82) is 0 Å². The minimum absolute atomic E-state index is 0.952. The van der Waals surface area contributed by atoms with Crippen molar-refractivity contribution in [3.63, 3.8) is 0 Å². The van der Waals surface area contributed by atoms with Gasteiger partial charge in [0.05, 0.1) is 0 Å². The molecule has 0 atom stereocenters. The first kappa shape index (κ1) is 21.2. The number of aromatic amines is 1. The molecule has 0 fully saturated rings.